The number of hydrogen-bond acceptors (Lipinski definition) is 3. The van der Waals surface area contributed by atoms with Crippen molar-refractivity contribution in [3.8, 4) is 0 Å². The quantitative estimate of drug-likeness (QED) is 0.320. The van der Waals surface area contributed by atoms with Crippen molar-refractivity contribution in [3.05, 3.63) is 0 Å². The SMILES string of the molecule is C[C@@H](CCC=O)[C@@H](CCO[Si](C)(C)C(C)(C)C)O[Si](C)(C)C(C)(C)C. The normalized spacial score (nSPS) is 16.6. The van der Waals surface area contributed by atoms with Crippen LogP contribution in [0.4, 0.5) is 0 Å². The van der Waals surface area contributed by atoms with Crippen LogP contribution in [-0.4, -0.2) is 35.6 Å². The third-order valence-electron chi connectivity index (χ3n) is 6.30. The maximum absolute atomic E-state index is 10.8. The molecule has 0 aliphatic rings. The van der Waals surface area contributed by atoms with Gasteiger partial charge in [0.15, 0.2) is 16.6 Å². The Labute approximate surface area is 159 Å². The number of carbonyl (C=O) groups is 1. The lowest BCUT2D eigenvalue weighted by atomic mass is 9.97. The molecule has 5 heteroatoms. The van der Waals surface area contributed by atoms with Crippen LogP contribution in [0.15, 0.2) is 0 Å². The van der Waals surface area contributed by atoms with E-state index in [2.05, 4.69) is 74.7 Å². The van der Waals surface area contributed by atoms with Crippen LogP contribution in [0.5, 0.6) is 0 Å². The number of aldehydes is 1. The van der Waals surface area contributed by atoms with E-state index in [1.54, 1.807) is 0 Å². The van der Waals surface area contributed by atoms with E-state index in [-0.39, 0.29) is 16.2 Å². The average molecular weight is 389 g/mol. The van der Waals surface area contributed by atoms with Crippen LogP contribution in [0, 0.1) is 5.92 Å². The summed E-state index contributed by atoms with van der Waals surface area (Å²) in [6, 6.07) is 0. The Kier molecular flexibility index (Phi) is 9.30. The van der Waals surface area contributed by atoms with E-state index in [1.165, 1.54) is 0 Å². The van der Waals surface area contributed by atoms with E-state index >= 15 is 0 Å². The molecule has 0 amide bonds. The Morgan fingerprint density at radius 2 is 1.36 bits per heavy atom. The van der Waals surface area contributed by atoms with Crippen molar-refractivity contribution in [2.45, 2.75) is 110 Å². The smallest absolute Gasteiger partial charge is 0.192 e. The van der Waals surface area contributed by atoms with Gasteiger partial charge in [0.1, 0.15) is 6.29 Å². The van der Waals surface area contributed by atoms with E-state index in [0.29, 0.717) is 12.3 Å². The van der Waals surface area contributed by atoms with Gasteiger partial charge >= 0.3 is 0 Å². The summed E-state index contributed by atoms with van der Waals surface area (Å²) in [5.41, 5.74) is 0. The van der Waals surface area contributed by atoms with Crippen molar-refractivity contribution in [1.29, 1.82) is 0 Å². The van der Waals surface area contributed by atoms with Crippen LogP contribution in [0.25, 0.3) is 0 Å². The molecular weight excluding hydrogens is 344 g/mol. The second kappa shape index (κ2) is 9.29. The molecular formula is C20H44O3Si2. The topological polar surface area (TPSA) is 35.5 Å². The highest BCUT2D eigenvalue weighted by atomic mass is 28.4. The minimum atomic E-state index is -1.84. The molecule has 3 nitrogen and oxygen atoms in total. The van der Waals surface area contributed by atoms with Gasteiger partial charge in [-0.05, 0) is 55.0 Å². The molecule has 0 aromatic heterocycles. The van der Waals surface area contributed by atoms with E-state index in [0.717, 1.165) is 25.7 Å². The minimum absolute atomic E-state index is 0.172. The fraction of sp³-hybridized carbons (Fsp3) is 0.950. The Balaban J connectivity index is 5.01. The molecule has 2 atom stereocenters. The largest absolute Gasteiger partial charge is 0.417 e. The highest BCUT2D eigenvalue weighted by Gasteiger charge is 2.41. The zero-order valence-corrected chi connectivity index (χ0v) is 20.8. The van der Waals surface area contributed by atoms with Gasteiger partial charge in [0.2, 0.25) is 0 Å². The van der Waals surface area contributed by atoms with Gasteiger partial charge in [0, 0.05) is 19.1 Å². The van der Waals surface area contributed by atoms with E-state index in [1.807, 2.05) is 0 Å². The van der Waals surface area contributed by atoms with Crippen molar-refractivity contribution in [2.75, 3.05) is 6.61 Å². The van der Waals surface area contributed by atoms with Crippen molar-refractivity contribution >= 4 is 22.9 Å². The van der Waals surface area contributed by atoms with Crippen LogP contribution in [0.3, 0.4) is 0 Å². The molecule has 0 aliphatic heterocycles. The van der Waals surface area contributed by atoms with Crippen molar-refractivity contribution in [1.82, 2.24) is 0 Å². The molecule has 0 bridgehead atoms. The van der Waals surface area contributed by atoms with Gasteiger partial charge in [-0.25, -0.2) is 0 Å². The summed E-state index contributed by atoms with van der Waals surface area (Å²) in [5.74, 6) is 0.377. The summed E-state index contributed by atoms with van der Waals surface area (Å²) in [5, 5.41) is 0.418. The van der Waals surface area contributed by atoms with Gasteiger partial charge in [-0.1, -0.05) is 48.5 Å². The van der Waals surface area contributed by atoms with Crippen LogP contribution < -0.4 is 0 Å². The van der Waals surface area contributed by atoms with E-state index in [4.69, 9.17) is 8.85 Å². The Morgan fingerprint density at radius 1 is 0.880 bits per heavy atom. The van der Waals surface area contributed by atoms with Gasteiger partial charge in [-0.15, -0.1) is 0 Å². The van der Waals surface area contributed by atoms with Crippen molar-refractivity contribution in [2.24, 2.45) is 5.92 Å². The lowest BCUT2D eigenvalue weighted by Crippen LogP contribution is -2.46. The van der Waals surface area contributed by atoms with Crippen molar-refractivity contribution in [3.63, 3.8) is 0 Å². The zero-order valence-electron chi connectivity index (χ0n) is 18.8. The molecule has 0 heterocycles. The van der Waals surface area contributed by atoms with E-state index in [9.17, 15) is 4.79 Å². The standard InChI is InChI=1S/C20H44O3Si2/c1-17(13-12-15-21)18(23-25(10,11)20(5,6)7)14-16-22-24(8,9)19(2,3)4/h15,17-18H,12-14,16H2,1-11H3/t17-,18+/m0/s1. The number of rotatable bonds is 10. The first-order valence-corrected chi connectivity index (χ1v) is 15.6. The third kappa shape index (κ3) is 8.06. The average Bonchev–Trinajstić information content (AvgIpc) is 2.40. The molecule has 0 saturated heterocycles. The monoisotopic (exact) mass is 388 g/mol. The van der Waals surface area contributed by atoms with Gasteiger partial charge in [0.05, 0.1) is 0 Å². The lowest BCUT2D eigenvalue weighted by molar-refractivity contribution is -0.108. The van der Waals surface area contributed by atoms with Crippen molar-refractivity contribution < 1.29 is 13.6 Å². The summed E-state index contributed by atoms with van der Waals surface area (Å²) in [6.45, 7) is 25.8. The highest BCUT2D eigenvalue weighted by molar-refractivity contribution is 6.74. The molecule has 0 spiro atoms. The molecule has 0 radical (unpaired) electrons. The Bertz CT molecular complexity index is 406. The second-order valence-corrected chi connectivity index (χ2v) is 20.1. The van der Waals surface area contributed by atoms with Gasteiger partial charge < -0.3 is 13.6 Å². The van der Waals surface area contributed by atoms with Crippen LogP contribution in [0.1, 0.15) is 67.7 Å². The fourth-order valence-corrected chi connectivity index (χ4v) is 4.70. The summed E-state index contributed by atoms with van der Waals surface area (Å²) >= 11 is 0. The predicted molar refractivity (Wildman–Crippen MR) is 114 cm³/mol. The number of carbonyl (C=O) groups excluding carboxylic acids is 1. The summed E-state index contributed by atoms with van der Waals surface area (Å²) in [6.07, 6.45) is 3.61. The Hall–Kier alpha value is 0.0238. The minimum Gasteiger partial charge on any atom is -0.417 e. The molecule has 0 aromatic carbocycles. The Morgan fingerprint density at radius 3 is 1.76 bits per heavy atom. The molecule has 150 valence electrons. The van der Waals surface area contributed by atoms with Crippen LogP contribution >= 0.6 is 0 Å². The first-order valence-electron chi connectivity index (χ1n) is 9.80. The highest BCUT2D eigenvalue weighted by Crippen LogP contribution is 2.39. The fourth-order valence-electron chi connectivity index (χ4n) is 2.18. The molecule has 0 aliphatic carbocycles. The third-order valence-corrected chi connectivity index (χ3v) is 15.3. The molecule has 0 N–H and O–H groups in total. The molecule has 0 rings (SSSR count). The first kappa shape index (κ1) is 25.0. The molecule has 25 heavy (non-hydrogen) atoms. The lowest BCUT2D eigenvalue weighted by Gasteiger charge is -2.42. The molecule has 0 saturated carbocycles. The van der Waals surface area contributed by atoms with E-state index < -0.39 is 16.6 Å². The molecule has 0 unspecified atom stereocenters. The maximum atomic E-state index is 10.8. The first-order chi connectivity index (χ1) is 11.0. The van der Waals surface area contributed by atoms with Gasteiger partial charge in [-0.3, -0.25) is 0 Å². The maximum Gasteiger partial charge on any atom is 0.192 e. The summed E-state index contributed by atoms with van der Waals surface area (Å²) in [7, 11) is -3.56. The van der Waals surface area contributed by atoms with Gasteiger partial charge in [0.25, 0.3) is 0 Å². The van der Waals surface area contributed by atoms with Crippen LogP contribution in [0.2, 0.25) is 36.3 Å². The molecule has 0 fully saturated rings. The molecule has 0 aromatic rings. The second-order valence-electron chi connectivity index (χ2n) is 10.5. The summed E-state index contributed by atoms with van der Waals surface area (Å²) in [4.78, 5) is 10.8. The predicted octanol–water partition coefficient (Wildman–Crippen LogP) is 6.40. The zero-order chi connectivity index (χ0) is 20.1. The van der Waals surface area contributed by atoms with Crippen LogP contribution in [-0.2, 0) is 13.6 Å². The van der Waals surface area contributed by atoms with Gasteiger partial charge in [-0.2, -0.15) is 0 Å². The summed E-state index contributed by atoms with van der Waals surface area (Å²) < 4.78 is 13.1. The number of hydrogen-bond donors (Lipinski definition) is 0.